The molecule has 3 nitrogen and oxygen atoms in total. The van der Waals surface area contributed by atoms with Crippen molar-refractivity contribution in [3.63, 3.8) is 0 Å². The van der Waals surface area contributed by atoms with Crippen molar-refractivity contribution in [2.75, 3.05) is 0 Å². The molecule has 0 aromatic carbocycles. The Morgan fingerprint density at radius 3 is 2.73 bits per heavy atom. The summed E-state index contributed by atoms with van der Waals surface area (Å²) >= 11 is 4.62. The van der Waals surface area contributed by atoms with Crippen molar-refractivity contribution < 1.29 is 4.79 Å². The quantitative estimate of drug-likeness (QED) is 0.686. The van der Waals surface area contributed by atoms with E-state index in [1.807, 2.05) is 12.1 Å². The zero-order valence-electron chi connectivity index (χ0n) is 7.37. The fourth-order valence-corrected chi connectivity index (χ4v) is 3.08. The molecule has 0 bridgehead atoms. The van der Waals surface area contributed by atoms with E-state index in [9.17, 15) is 4.79 Å². The van der Waals surface area contributed by atoms with Crippen LogP contribution in [-0.4, -0.2) is 5.78 Å². The number of hydrogen-bond acceptors (Lipinski definition) is 4. The van der Waals surface area contributed by atoms with Gasteiger partial charge in [0.1, 0.15) is 17.7 Å². The van der Waals surface area contributed by atoms with Gasteiger partial charge in [-0.25, -0.2) is 0 Å². The van der Waals surface area contributed by atoms with Crippen LogP contribution >= 0.6 is 27.3 Å². The summed E-state index contributed by atoms with van der Waals surface area (Å²) in [6.45, 7) is 0. The van der Waals surface area contributed by atoms with Crippen LogP contribution in [0.25, 0.3) is 5.57 Å². The van der Waals surface area contributed by atoms with Gasteiger partial charge in [-0.1, -0.05) is 0 Å². The number of nitriles is 2. The van der Waals surface area contributed by atoms with E-state index in [2.05, 4.69) is 15.9 Å². The highest BCUT2D eigenvalue weighted by Gasteiger charge is 2.29. The monoisotopic (exact) mass is 278 g/mol. The zero-order chi connectivity index (χ0) is 11.0. The Labute approximate surface area is 98.4 Å². The average Bonchev–Trinajstić information content (AvgIpc) is 2.70. The van der Waals surface area contributed by atoms with Crippen LogP contribution < -0.4 is 0 Å². The van der Waals surface area contributed by atoms with Crippen LogP contribution in [0.15, 0.2) is 15.4 Å². The maximum absolute atomic E-state index is 11.6. The number of hydrogen-bond donors (Lipinski definition) is 0. The number of carbonyl (C=O) groups excluding carboxylic acids is 1. The van der Waals surface area contributed by atoms with Crippen molar-refractivity contribution in [3.05, 3.63) is 25.9 Å². The second kappa shape index (κ2) is 3.62. The van der Waals surface area contributed by atoms with Crippen molar-refractivity contribution in [1.82, 2.24) is 0 Å². The van der Waals surface area contributed by atoms with E-state index in [4.69, 9.17) is 10.5 Å². The van der Waals surface area contributed by atoms with E-state index in [-0.39, 0.29) is 17.8 Å². The van der Waals surface area contributed by atoms with Crippen molar-refractivity contribution in [3.8, 4) is 12.1 Å². The normalized spacial score (nSPS) is 13.3. The molecular weight excluding hydrogens is 276 g/mol. The minimum absolute atomic E-state index is 0.0151. The SMILES string of the molecule is N#CC(C#N)=C1CC(=O)c2sc(Br)cc21. The maximum atomic E-state index is 11.6. The van der Waals surface area contributed by atoms with Gasteiger partial charge in [0.05, 0.1) is 8.66 Å². The first kappa shape index (κ1) is 10.1. The van der Waals surface area contributed by atoms with E-state index in [0.29, 0.717) is 10.5 Å². The van der Waals surface area contributed by atoms with Gasteiger partial charge in [-0.3, -0.25) is 4.79 Å². The Balaban J connectivity index is 2.70. The molecule has 0 aliphatic heterocycles. The Kier molecular flexibility index (Phi) is 2.44. The number of nitrogens with zero attached hydrogens (tertiary/aromatic N) is 2. The summed E-state index contributed by atoms with van der Waals surface area (Å²) in [4.78, 5) is 12.2. The van der Waals surface area contributed by atoms with E-state index < -0.39 is 0 Å². The van der Waals surface area contributed by atoms with Crippen LogP contribution in [0.5, 0.6) is 0 Å². The number of Topliss-reactive ketones (excluding diaryl/α,β-unsaturated/α-hetero) is 1. The highest BCUT2D eigenvalue weighted by molar-refractivity contribution is 9.11. The lowest BCUT2D eigenvalue weighted by Gasteiger charge is -1.93. The summed E-state index contributed by atoms with van der Waals surface area (Å²) in [6, 6.07) is 5.43. The highest BCUT2D eigenvalue weighted by Crippen LogP contribution is 2.41. The molecule has 0 amide bonds. The lowest BCUT2D eigenvalue weighted by molar-refractivity contribution is 0.101. The minimum atomic E-state index is -0.0151. The van der Waals surface area contributed by atoms with Gasteiger partial charge in [0, 0.05) is 12.0 Å². The number of halogens is 1. The number of thiophene rings is 1. The maximum Gasteiger partial charge on any atom is 0.177 e. The van der Waals surface area contributed by atoms with Crippen LogP contribution in [0.2, 0.25) is 0 Å². The summed E-state index contributed by atoms with van der Waals surface area (Å²) in [5.74, 6) is -0.0151. The highest BCUT2D eigenvalue weighted by atomic mass is 79.9. The molecule has 0 unspecified atom stereocenters. The van der Waals surface area contributed by atoms with Gasteiger partial charge in [-0.2, -0.15) is 10.5 Å². The Hall–Kier alpha value is -1.43. The van der Waals surface area contributed by atoms with Gasteiger partial charge in [-0.05, 0) is 27.6 Å². The fraction of sp³-hybridized carbons (Fsp3) is 0.100. The third kappa shape index (κ3) is 1.50. The molecule has 0 fully saturated rings. The second-order valence-corrected chi connectivity index (χ2v) is 5.40. The second-order valence-electron chi connectivity index (χ2n) is 2.97. The van der Waals surface area contributed by atoms with Crippen molar-refractivity contribution in [2.45, 2.75) is 6.42 Å². The van der Waals surface area contributed by atoms with Crippen LogP contribution in [-0.2, 0) is 0 Å². The molecule has 15 heavy (non-hydrogen) atoms. The van der Waals surface area contributed by atoms with Gasteiger partial charge in [0.15, 0.2) is 5.78 Å². The third-order valence-electron chi connectivity index (χ3n) is 2.14. The molecule has 1 aromatic rings. The molecule has 1 heterocycles. The van der Waals surface area contributed by atoms with Crippen molar-refractivity contribution in [2.24, 2.45) is 0 Å². The average molecular weight is 279 g/mol. The zero-order valence-corrected chi connectivity index (χ0v) is 9.78. The largest absolute Gasteiger partial charge is 0.293 e. The van der Waals surface area contributed by atoms with E-state index in [1.165, 1.54) is 11.3 Å². The fourth-order valence-electron chi connectivity index (χ4n) is 1.51. The first-order chi connectivity index (χ1) is 7.17. The Bertz CT molecular complexity index is 555. The molecule has 0 N–H and O–H groups in total. The Morgan fingerprint density at radius 1 is 1.47 bits per heavy atom. The molecule has 72 valence electrons. The third-order valence-corrected chi connectivity index (χ3v) is 3.82. The molecule has 0 saturated heterocycles. The van der Waals surface area contributed by atoms with E-state index in [0.717, 1.165) is 9.35 Å². The number of rotatable bonds is 0. The summed E-state index contributed by atoms with van der Waals surface area (Å²) < 4.78 is 0.841. The smallest absolute Gasteiger partial charge is 0.177 e. The summed E-state index contributed by atoms with van der Waals surface area (Å²) in [6.07, 6.45) is 0.172. The molecule has 0 radical (unpaired) electrons. The molecule has 0 spiro atoms. The Morgan fingerprint density at radius 2 is 2.13 bits per heavy atom. The lowest BCUT2D eigenvalue weighted by atomic mass is 10.1. The number of carbonyl (C=O) groups is 1. The van der Waals surface area contributed by atoms with Gasteiger partial charge in [0.2, 0.25) is 0 Å². The molecule has 1 aromatic heterocycles. The minimum Gasteiger partial charge on any atom is -0.293 e. The van der Waals surface area contributed by atoms with Crippen molar-refractivity contribution in [1.29, 1.82) is 10.5 Å². The summed E-state index contributed by atoms with van der Waals surface area (Å²) in [7, 11) is 0. The topological polar surface area (TPSA) is 64.7 Å². The molecular formula is C10H3BrN2OS. The standard InChI is InChI=1S/C10H3BrN2OS/c11-9-2-7-6(5(3-12)4-13)1-8(14)10(7)15-9/h2H,1H2. The molecule has 1 aliphatic carbocycles. The van der Waals surface area contributed by atoms with Gasteiger partial charge >= 0.3 is 0 Å². The predicted octanol–water partition coefficient (Wildman–Crippen LogP) is 2.90. The van der Waals surface area contributed by atoms with Crippen molar-refractivity contribution >= 4 is 38.6 Å². The van der Waals surface area contributed by atoms with Crippen LogP contribution in [0.4, 0.5) is 0 Å². The van der Waals surface area contributed by atoms with Gasteiger partial charge < -0.3 is 0 Å². The first-order valence-corrected chi connectivity index (χ1v) is 5.64. The molecule has 2 rings (SSSR count). The van der Waals surface area contributed by atoms with Gasteiger partial charge in [0.25, 0.3) is 0 Å². The number of ketones is 1. The van der Waals surface area contributed by atoms with Crippen LogP contribution in [0, 0.1) is 22.7 Å². The van der Waals surface area contributed by atoms with E-state index in [1.54, 1.807) is 6.07 Å². The predicted molar refractivity (Wildman–Crippen MR) is 59.1 cm³/mol. The summed E-state index contributed by atoms with van der Waals surface area (Å²) in [5, 5.41) is 17.5. The summed E-state index contributed by atoms with van der Waals surface area (Å²) in [5.41, 5.74) is 1.32. The van der Waals surface area contributed by atoms with Gasteiger partial charge in [-0.15, -0.1) is 11.3 Å². The molecule has 0 atom stereocenters. The van der Waals surface area contributed by atoms with Crippen LogP contribution in [0.3, 0.4) is 0 Å². The molecule has 5 heteroatoms. The molecule has 1 aliphatic rings. The number of allylic oxidation sites excluding steroid dienone is 2. The number of fused-ring (bicyclic) bond motifs is 1. The molecule has 0 saturated carbocycles. The van der Waals surface area contributed by atoms with Crippen LogP contribution in [0.1, 0.15) is 21.7 Å². The lowest BCUT2D eigenvalue weighted by Crippen LogP contribution is -1.87. The van der Waals surface area contributed by atoms with E-state index >= 15 is 0 Å². The first-order valence-electron chi connectivity index (χ1n) is 4.03.